The lowest BCUT2D eigenvalue weighted by Gasteiger charge is -2.09. The molecule has 25 heavy (non-hydrogen) atoms. The topological polar surface area (TPSA) is 83.5 Å². The number of hydrogen-bond acceptors (Lipinski definition) is 4. The molecule has 0 spiro atoms. The highest BCUT2D eigenvalue weighted by atomic mass is 32.2. The standard InChI is InChI=1S/C19H17NO4S/c1-25(23,24)12-13-5-4-7-16(9-13)20-19(22)15-10-14-6-2-3-8-17(14)18(21)11-15/h2-11,21H,12H2,1H3,(H,20,22). The third kappa shape index (κ3) is 4.16. The largest absolute Gasteiger partial charge is 0.507 e. The number of aromatic hydroxyl groups is 1. The van der Waals surface area contributed by atoms with Crippen LogP contribution in [0.4, 0.5) is 5.69 Å². The van der Waals surface area contributed by atoms with Crippen LogP contribution in [-0.2, 0) is 15.6 Å². The van der Waals surface area contributed by atoms with Crippen molar-refractivity contribution in [3.63, 3.8) is 0 Å². The van der Waals surface area contributed by atoms with Crippen LogP contribution in [0.3, 0.4) is 0 Å². The van der Waals surface area contributed by atoms with Gasteiger partial charge in [0.25, 0.3) is 5.91 Å². The van der Waals surface area contributed by atoms with E-state index in [1.807, 2.05) is 18.2 Å². The van der Waals surface area contributed by atoms with Crippen LogP contribution in [0.1, 0.15) is 15.9 Å². The summed E-state index contributed by atoms with van der Waals surface area (Å²) in [6.07, 6.45) is 1.16. The summed E-state index contributed by atoms with van der Waals surface area (Å²) in [5, 5.41) is 14.3. The molecule has 0 saturated heterocycles. The van der Waals surface area contributed by atoms with E-state index in [2.05, 4.69) is 5.32 Å². The third-order valence-corrected chi connectivity index (χ3v) is 4.57. The zero-order valence-electron chi connectivity index (χ0n) is 13.6. The monoisotopic (exact) mass is 355 g/mol. The number of benzene rings is 3. The minimum absolute atomic E-state index is 0.0362. The third-order valence-electron chi connectivity index (χ3n) is 3.72. The number of phenolic OH excluding ortho intramolecular Hbond substituents is 1. The Kier molecular flexibility index (Phi) is 4.46. The van der Waals surface area contributed by atoms with Gasteiger partial charge in [0, 0.05) is 22.9 Å². The zero-order chi connectivity index (χ0) is 18.0. The van der Waals surface area contributed by atoms with Crippen molar-refractivity contribution in [2.75, 3.05) is 11.6 Å². The lowest BCUT2D eigenvalue weighted by molar-refractivity contribution is 0.102. The molecule has 1 amide bonds. The van der Waals surface area contributed by atoms with Gasteiger partial charge >= 0.3 is 0 Å². The highest BCUT2D eigenvalue weighted by Gasteiger charge is 2.11. The smallest absolute Gasteiger partial charge is 0.255 e. The highest BCUT2D eigenvalue weighted by molar-refractivity contribution is 7.89. The number of carbonyl (C=O) groups is 1. The van der Waals surface area contributed by atoms with Crippen LogP contribution in [0.5, 0.6) is 5.75 Å². The molecule has 3 aromatic rings. The summed E-state index contributed by atoms with van der Waals surface area (Å²) in [6.45, 7) is 0. The van der Waals surface area contributed by atoms with Crippen LogP contribution in [0.15, 0.2) is 60.7 Å². The number of phenols is 1. The molecule has 128 valence electrons. The van der Waals surface area contributed by atoms with E-state index in [0.29, 0.717) is 22.2 Å². The predicted molar refractivity (Wildman–Crippen MR) is 98.6 cm³/mol. The molecule has 0 bridgehead atoms. The Bertz CT molecular complexity index is 1060. The Labute approximate surface area is 145 Å². The van der Waals surface area contributed by atoms with Gasteiger partial charge in [-0.15, -0.1) is 0 Å². The second-order valence-electron chi connectivity index (χ2n) is 5.94. The van der Waals surface area contributed by atoms with Crippen molar-refractivity contribution in [1.29, 1.82) is 0 Å². The van der Waals surface area contributed by atoms with E-state index < -0.39 is 9.84 Å². The first-order valence-corrected chi connectivity index (χ1v) is 9.68. The Hall–Kier alpha value is -2.86. The average molecular weight is 355 g/mol. The predicted octanol–water partition coefficient (Wildman–Crippen LogP) is 3.34. The first-order chi connectivity index (χ1) is 11.8. The Morgan fingerprint density at radius 2 is 1.80 bits per heavy atom. The maximum atomic E-state index is 12.5. The first kappa shape index (κ1) is 17.0. The summed E-state index contributed by atoms with van der Waals surface area (Å²) < 4.78 is 22.8. The van der Waals surface area contributed by atoms with Crippen LogP contribution in [0, 0.1) is 0 Å². The number of nitrogens with one attached hydrogen (secondary N) is 1. The summed E-state index contributed by atoms with van der Waals surface area (Å²) >= 11 is 0. The van der Waals surface area contributed by atoms with Crippen molar-refractivity contribution in [3.05, 3.63) is 71.8 Å². The first-order valence-electron chi connectivity index (χ1n) is 7.61. The van der Waals surface area contributed by atoms with E-state index in [0.717, 1.165) is 11.6 Å². The molecular weight excluding hydrogens is 338 g/mol. The van der Waals surface area contributed by atoms with Crippen molar-refractivity contribution in [3.8, 4) is 5.75 Å². The molecule has 0 saturated carbocycles. The van der Waals surface area contributed by atoms with Gasteiger partial charge < -0.3 is 10.4 Å². The molecule has 0 aliphatic rings. The highest BCUT2D eigenvalue weighted by Crippen LogP contribution is 2.26. The molecule has 0 heterocycles. The van der Waals surface area contributed by atoms with E-state index in [9.17, 15) is 18.3 Å². The molecular formula is C19H17NO4S. The quantitative estimate of drug-likeness (QED) is 0.752. The lowest BCUT2D eigenvalue weighted by atomic mass is 10.1. The molecule has 5 nitrogen and oxygen atoms in total. The molecule has 0 aliphatic carbocycles. The summed E-state index contributed by atoms with van der Waals surface area (Å²) in [5.41, 5.74) is 1.42. The Balaban J connectivity index is 1.86. The molecule has 2 N–H and O–H groups in total. The number of rotatable bonds is 4. The number of anilines is 1. The number of sulfone groups is 1. The second-order valence-corrected chi connectivity index (χ2v) is 8.08. The molecule has 0 aromatic heterocycles. The Morgan fingerprint density at radius 3 is 2.56 bits per heavy atom. The van der Waals surface area contributed by atoms with E-state index in [-0.39, 0.29) is 17.4 Å². The minimum Gasteiger partial charge on any atom is -0.507 e. The molecule has 6 heteroatoms. The van der Waals surface area contributed by atoms with Crippen LogP contribution in [0.25, 0.3) is 10.8 Å². The van der Waals surface area contributed by atoms with Crippen molar-refractivity contribution in [1.82, 2.24) is 0 Å². The van der Waals surface area contributed by atoms with E-state index in [1.165, 1.54) is 6.07 Å². The minimum atomic E-state index is -3.15. The number of fused-ring (bicyclic) bond motifs is 1. The summed E-state index contributed by atoms with van der Waals surface area (Å²) in [7, 11) is -3.15. The molecule has 3 rings (SSSR count). The second kappa shape index (κ2) is 6.57. The van der Waals surface area contributed by atoms with Crippen LogP contribution in [-0.4, -0.2) is 25.7 Å². The summed E-state index contributed by atoms with van der Waals surface area (Å²) in [4.78, 5) is 12.5. The van der Waals surface area contributed by atoms with Gasteiger partial charge in [0.1, 0.15) is 5.75 Å². The number of amides is 1. The molecule has 0 radical (unpaired) electrons. The van der Waals surface area contributed by atoms with Gasteiger partial charge in [0.2, 0.25) is 0 Å². The van der Waals surface area contributed by atoms with Crippen LogP contribution < -0.4 is 5.32 Å². The fraction of sp³-hybridized carbons (Fsp3) is 0.105. The normalized spacial score (nSPS) is 11.4. The summed E-state index contributed by atoms with van der Waals surface area (Å²) in [5.74, 6) is -0.431. The van der Waals surface area contributed by atoms with E-state index >= 15 is 0 Å². The van der Waals surface area contributed by atoms with Crippen molar-refractivity contribution < 1.29 is 18.3 Å². The molecule has 0 aliphatic heterocycles. The van der Waals surface area contributed by atoms with Crippen molar-refractivity contribution >= 4 is 32.2 Å². The van der Waals surface area contributed by atoms with Crippen LogP contribution >= 0.6 is 0 Å². The number of carbonyl (C=O) groups excluding carboxylic acids is 1. The van der Waals surface area contributed by atoms with E-state index in [4.69, 9.17) is 0 Å². The molecule has 0 fully saturated rings. The van der Waals surface area contributed by atoms with Gasteiger partial charge in [0.15, 0.2) is 9.84 Å². The van der Waals surface area contributed by atoms with Gasteiger partial charge in [-0.25, -0.2) is 8.42 Å². The summed E-state index contributed by atoms with van der Waals surface area (Å²) in [6, 6.07) is 17.0. The number of hydrogen-bond donors (Lipinski definition) is 2. The maximum absolute atomic E-state index is 12.5. The van der Waals surface area contributed by atoms with E-state index in [1.54, 1.807) is 36.4 Å². The van der Waals surface area contributed by atoms with Crippen molar-refractivity contribution in [2.45, 2.75) is 5.75 Å². The molecule has 3 aromatic carbocycles. The van der Waals surface area contributed by atoms with Crippen molar-refractivity contribution in [2.24, 2.45) is 0 Å². The maximum Gasteiger partial charge on any atom is 0.255 e. The molecule has 0 unspecified atom stereocenters. The average Bonchev–Trinajstić information content (AvgIpc) is 2.53. The fourth-order valence-corrected chi connectivity index (χ4v) is 3.45. The van der Waals surface area contributed by atoms with Crippen LogP contribution in [0.2, 0.25) is 0 Å². The Morgan fingerprint density at radius 1 is 1.04 bits per heavy atom. The fourth-order valence-electron chi connectivity index (χ4n) is 2.67. The van der Waals surface area contributed by atoms with Gasteiger partial charge in [-0.05, 0) is 35.2 Å². The lowest BCUT2D eigenvalue weighted by Crippen LogP contribution is -2.12. The SMILES string of the molecule is CS(=O)(=O)Cc1cccc(NC(=O)c2cc(O)c3ccccc3c2)c1. The zero-order valence-corrected chi connectivity index (χ0v) is 14.4. The molecule has 0 atom stereocenters. The van der Waals surface area contributed by atoms with Gasteiger partial charge in [-0.2, -0.15) is 0 Å². The van der Waals surface area contributed by atoms with Gasteiger partial charge in [0.05, 0.1) is 5.75 Å². The van der Waals surface area contributed by atoms with Gasteiger partial charge in [-0.1, -0.05) is 36.4 Å². The van der Waals surface area contributed by atoms with Gasteiger partial charge in [-0.3, -0.25) is 4.79 Å².